The maximum absolute atomic E-state index is 4.51. The fourth-order valence-electron chi connectivity index (χ4n) is 0.713. The Morgan fingerprint density at radius 3 is 2.45 bits per heavy atom. The maximum Gasteiger partial charge on any atom is 0.0982 e. The van der Waals surface area contributed by atoms with Gasteiger partial charge in [-0.15, -0.1) is 11.3 Å². The molecule has 1 aromatic rings. The van der Waals surface area contributed by atoms with Crippen molar-refractivity contribution in [2.75, 3.05) is 0 Å². The first kappa shape index (κ1) is 9.45. The lowest BCUT2D eigenvalue weighted by atomic mass is 9.98. The monoisotopic (exact) mass is 281 g/mol. The molecule has 0 saturated carbocycles. The third kappa shape index (κ3) is 2.40. The average Bonchev–Trinajstić information content (AvgIpc) is 2.32. The molecular formula is C8H12INS. The minimum atomic E-state index is 0.217. The molecule has 3 heteroatoms. The molecule has 0 bridgehead atoms. The van der Waals surface area contributed by atoms with Gasteiger partial charge in [0.1, 0.15) is 0 Å². The molecule has 0 aromatic carbocycles. The van der Waals surface area contributed by atoms with Crippen LogP contribution in [0.3, 0.4) is 0 Å². The van der Waals surface area contributed by atoms with E-state index in [4.69, 9.17) is 0 Å². The summed E-state index contributed by atoms with van der Waals surface area (Å²) in [6.45, 7) is 6.59. The van der Waals surface area contributed by atoms with Crippen LogP contribution >= 0.6 is 33.9 Å². The number of hydrogen-bond donors (Lipinski definition) is 0. The van der Waals surface area contributed by atoms with Crippen molar-refractivity contribution in [3.8, 4) is 0 Å². The van der Waals surface area contributed by atoms with Crippen LogP contribution in [0.4, 0.5) is 0 Å². The van der Waals surface area contributed by atoms with Crippen LogP contribution in [-0.2, 0) is 9.84 Å². The zero-order valence-electron chi connectivity index (χ0n) is 7.02. The van der Waals surface area contributed by atoms with Crippen LogP contribution < -0.4 is 0 Å². The van der Waals surface area contributed by atoms with Gasteiger partial charge in [-0.2, -0.15) is 0 Å². The van der Waals surface area contributed by atoms with Gasteiger partial charge in [0.15, 0.2) is 0 Å². The Bertz CT molecular complexity index is 236. The first-order valence-electron chi connectivity index (χ1n) is 3.55. The summed E-state index contributed by atoms with van der Waals surface area (Å²) in [6.07, 6.45) is 0. The van der Waals surface area contributed by atoms with Gasteiger partial charge in [0, 0.05) is 15.2 Å². The second-order valence-corrected chi connectivity index (χ2v) is 5.15. The molecule has 11 heavy (non-hydrogen) atoms. The van der Waals surface area contributed by atoms with Crippen LogP contribution in [0.2, 0.25) is 0 Å². The quantitative estimate of drug-likeness (QED) is 0.568. The van der Waals surface area contributed by atoms with Crippen LogP contribution in [-0.4, -0.2) is 4.98 Å². The minimum Gasteiger partial charge on any atom is -0.245 e. The van der Waals surface area contributed by atoms with Gasteiger partial charge in [-0.05, 0) is 0 Å². The van der Waals surface area contributed by atoms with Gasteiger partial charge >= 0.3 is 0 Å². The predicted molar refractivity (Wildman–Crippen MR) is 58.5 cm³/mol. The van der Waals surface area contributed by atoms with Gasteiger partial charge in [0.25, 0.3) is 0 Å². The average molecular weight is 281 g/mol. The number of nitrogens with zero attached hydrogens (tertiary/aromatic N) is 1. The molecule has 0 aliphatic rings. The molecule has 0 aliphatic heterocycles. The van der Waals surface area contributed by atoms with E-state index in [0.29, 0.717) is 0 Å². The SMILES string of the molecule is CC(C)(C)c1nc(CI)cs1. The molecule has 0 aliphatic carbocycles. The van der Waals surface area contributed by atoms with Crippen LogP contribution in [0.1, 0.15) is 31.5 Å². The molecule has 62 valence electrons. The lowest BCUT2D eigenvalue weighted by Crippen LogP contribution is -2.10. The van der Waals surface area contributed by atoms with E-state index in [1.54, 1.807) is 11.3 Å². The number of halogens is 1. The Morgan fingerprint density at radius 2 is 2.18 bits per heavy atom. The number of rotatable bonds is 1. The molecule has 0 saturated heterocycles. The second kappa shape index (κ2) is 3.39. The summed E-state index contributed by atoms with van der Waals surface area (Å²) in [5.41, 5.74) is 1.43. The largest absolute Gasteiger partial charge is 0.245 e. The molecule has 1 nitrogen and oxygen atoms in total. The number of aromatic nitrogens is 1. The van der Waals surface area contributed by atoms with Crippen molar-refractivity contribution in [2.45, 2.75) is 30.6 Å². The van der Waals surface area contributed by atoms with E-state index in [9.17, 15) is 0 Å². The smallest absolute Gasteiger partial charge is 0.0982 e. The first-order chi connectivity index (χ1) is 5.04. The second-order valence-electron chi connectivity index (χ2n) is 3.53. The Morgan fingerprint density at radius 1 is 1.55 bits per heavy atom. The highest BCUT2D eigenvalue weighted by atomic mass is 127. The molecule has 0 fully saturated rings. The highest BCUT2D eigenvalue weighted by Crippen LogP contribution is 2.26. The minimum absolute atomic E-state index is 0.217. The van der Waals surface area contributed by atoms with Crippen LogP contribution in [0.5, 0.6) is 0 Å². The van der Waals surface area contributed by atoms with Crippen molar-refractivity contribution in [3.05, 3.63) is 16.1 Å². The number of hydrogen-bond acceptors (Lipinski definition) is 2. The van der Waals surface area contributed by atoms with E-state index in [2.05, 4.69) is 53.7 Å². The van der Waals surface area contributed by atoms with Crippen molar-refractivity contribution < 1.29 is 0 Å². The van der Waals surface area contributed by atoms with Crippen molar-refractivity contribution >= 4 is 33.9 Å². The fourth-order valence-corrected chi connectivity index (χ4v) is 2.31. The van der Waals surface area contributed by atoms with Gasteiger partial charge in [0.05, 0.1) is 10.7 Å². The van der Waals surface area contributed by atoms with E-state index in [1.807, 2.05) is 0 Å². The Hall–Kier alpha value is 0.360. The van der Waals surface area contributed by atoms with Gasteiger partial charge in [-0.25, -0.2) is 4.98 Å². The van der Waals surface area contributed by atoms with E-state index in [1.165, 1.54) is 10.7 Å². The van der Waals surface area contributed by atoms with Gasteiger partial charge in [0.2, 0.25) is 0 Å². The molecule has 0 N–H and O–H groups in total. The summed E-state index contributed by atoms with van der Waals surface area (Å²) >= 11 is 4.10. The molecule has 0 radical (unpaired) electrons. The van der Waals surface area contributed by atoms with E-state index >= 15 is 0 Å². The summed E-state index contributed by atoms with van der Waals surface area (Å²) in [7, 11) is 0. The highest BCUT2D eigenvalue weighted by molar-refractivity contribution is 14.1. The Kier molecular flexibility index (Phi) is 2.91. The third-order valence-electron chi connectivity index (χ3n) is 1.33. The maximum atomic E-state index is 4.51. The van der Waals surface area contributed by atoms with Crippen LogP contribution in [0, 0.1) is 0 Å². The lowest BCUT2D eigenvalue weighted by Gasteiger charge is -2.13. The van der Waals surface area contributed by atoms with Gasteiger partial charge in [-0.3, -0.25) is 0 Å². The topological polar surface area (TPSA) is 12.9 Å². The Balaban J connectivity index is 2.89. The van der Waals surface area contributed by atoms with Crippen LogP contribution in [0.15, 0.2) is 5.38 Å². The standard InChI is InChI=1S/C8H12INS/c1-8(2,3)7-10-6(4-9)5-11-7/h5H,4H2,1-3H3. The molecule has 0 unspecified atom stereocenters. The summed E-state index contributed by atoms with van der Waals surface area (Å²) in [4.78, 5) is 4.51. The highest BCUT2D eigenvalue weighted by Gasteiger charge is 2.17. The first-order valence-corrected chi connectivity index (χ1v) is 5.95. The molecule has 0 spiro atoms. The summed E-state index contributed by atoms with van der Waals surface area (Å²) in [5, 5.41) is 3.39. The van der Waals surface area contributed by atoms with E-state index in [0.717, 1.165) is 4.43 Å². The molecule has 1 aromatic heterocycles. The van der Waals surface area contributed by atoms with E-state index in [-0.39, 0.29) is 5.41 Å². The summed E-state index contributed by atoms with van der Waals surface area (Å²) in [5.74, 6) is 0. The normalized spacial score (nSPS) is 12.0. The van der Waals surface area contributed by atoms with Gasteiger partial charge in [-0.1, -0.05) is 43.4 Å². The fraction of sp³-hybridized carbons (Fsp3) is 0.625. The zero-order chi connectivity index (χ0) is 8.48. The molecule has 0 amide bonds. The van der Waals surface area contributed by atoms with E-state index < -0.39 is 0 Å². The number of thiazole rings is 1. The molecular weight excluding hydrogens is 269 g/mol. The van der Waals surface area contributed by atoms with Crippen molar-refractivity contribution in [2.24, 2.45) is 0 Å². The van der Waals surface area contributed by atoms with Crippen molar-refractivity contribution in [1.82, 2.24) is 4.98 Å². The third-order valence-corrected chi connectivity index (χ3v) is 3.43. The molecule has 0 atom stereocenters. The lowest BCUT2D eigenvalue weighted by molar-refractivity contribution is 0.584. The summed E-state index contributed by atoms with van der Waals surface area (Å²) in [6, 6.07) is 0. The van der Waals surface area contributed by atoms with Crippen molar-refractivity contribution in [1.29, 1.82) is 0 Å². The predicted octanol–water partition coefficient (Wildman–Crippen LogP) is 3.38. The Labute approximate surface area is 85.4 Å². The summed E-state index contributed by atoms with van der Waals surface area (Å²) < 4.78 is 1.02. The zero-order valence-corrected chi connectivity index (χ0v) is 9.99. The number of alkyl halides is 1. The van der Waals surface area contributed by atoms with Crippen molar-refractivity contribution in [3.63, 3.8) is 0 Å². The van der Waals surface area contributed by atoms with Gasteiger partial charge < -0.3 is 0 Å². The van der Waals surface area contributed by atoms with Crippen LogP contribution in [0.25, 0.3) is 0 Å². The molecule has 1 heterocycles. The molecule has 1 rings (SSSR count).